The molecule has 0 atom stereocenters. The molecule has 0 spiro atoms. The highest BCUT2D eigenvalue weighted by molar-refractivity contribution is 7.88. The third-order valence-corrected chi connectivity index (χ3v) is 5.82. The van der Waals surface area contributed by atoms with Crippen LogP contribution in [0.3, 0.4) is 0 Å². The number of benzene rings is 1. The summed E-state index contributed by atoms with van der Waals surface area (Å²) >= 11 is 0. The second-order valence-electron chi connectivity index (χ2n) is 6.19. The molecule has 6 nitrogen and oxygen atoms in total. The third-order valence-electron chi connectivity index (χ3n) is 4.51. The molecule has 0 bridgehead atoms. The Hall–Kier alpha value is -1.60. The minimum absolute atomic E-state index is 0.00917. The van der Waals surface area contributed by atoms with Crippen LogP contribution in [0.4, 0.5) is 0 Å². The topological polar surface area (TPSA) is 75.7 Å². The number of hydrogen-bond acceptors (Lipinski definition) is 4. The Morgan fingerprint density at radius 2 is 2.09 bits per heavy atom. The third kappa shape index (κ3) is 3.84. The molecule has 1 saturated heterocycles. The van der Waals surface area contributed by atoms with Crippen molar-refractivity contribution < 1.29 is 17.9 Å². The van der Waals surface area contributed by atoms with Crippen molar-refractivity contribution in [2.24, 2.45) is 5.92 Å². The van der Waals surface area contributed by atoms with E-state index in [0.717, 1.165) is 24.3 Å². The van der Waals surface area contributed by atoms with E-state index < -0.39 is 10.0 Å². The van der Waals surface area contributed by atoms with Gasteiger partial charge in [0, 0.05) is 32.0 Å². The van der Waals surface area contributed by atoms with Gasteiger partial charge in [0.25, 0.3) is 0 Å². The molecule has 23 heavy (non-hydrogen) atoms. The highest BCUT2D eigenvalue weighted by Crippen LogP contribution is 2.26. The molecule has 3 rings (SSSR count). The number of nitrogens with one attached hydrogen (secondary N) is 1. The van der Waals surface area contributed by atoms with Crippen LogP contribution in [-0.2, 0) is 27.8 Å². The second-order valence-corrected chi connectivity index (χ2v) is 8.18. The number of piperidine rings is 1. The lowest BCUT2D eigenvalue weighted by Crippen LogP contribution is -2.42. The average molecular weight is 338 g/mol. The number of fused-ring (bicyclic) bond motifs is 1. The molecule has 1 aromatic carbocycles. The summed E-state index contributed by atoms with van der Waals surface area (Å²) in [4.78, 5) is 12.3. The van der Waals surface area contributed by atoms with Crippen LogP contribution >= 0.6 is 0 Å². The molecule has 0 unspecified atom stereocenters. The molecular weight excluding hydrogens is 316 g/mol. The van der Waals surface area contributed by atoms with E-state index in [1.807, 2.05) is 12.1 Å². The number of amides is 1. The standard InChI is InChI=1S/C16H22N2O4S/c1-23(20,21)18-7-4-13(5-8-18)16(19)17-11-12-2-3-15-14(10-12)6-9-22-15/h2-3,10,13H,4-9,11H2,1H3,(H,17,19). The fourth-order valence-electron chi connectivity index (χ4n) is 3.13. The smallest absolute Gasteiger partial charge is 0.223 e. The van der Waals surface area contributed by atoms with Gasteiger partial charge in [-0.15, -0.1) is 0 Å². The highest BCUT2D eigenvalue weighted by atomic mass is 32.2. The number of sulfonamides is 1. The Kier molecular flexibility index (Phi) is 4.59. The fraction of sp³-hybridized carbons (Fsp3) is 0.562. The first-order valence-electron chi connectivity index (χ1n) is 7.91. The van der Waals surface area contributed by atoms with Gasteiger partial charge in [-0.3, -0.25) is 4.79 Å². The summed E-state index contributed by atoms with van der Waals surface area (Å²) in [5.74, 6) is 0.842. The average Bonchev–Trinajstić information content (AvgIpc) is 2.99. The van der Waals surface area contributed by atoms with Crippen molar-refractivity contribution in [2.45, 2.75) is 25.8 Å². The number of carbonyl (C=O) groups is 1. The van der Waals surface area contributed by atoms with Gasteiger partial charge in [0.15, 0.2) is 0 Å². The van der Waals surface area contributed by atoms with E-state index >= 15 is 0 Å². The van der Waals surface area contributed by atoms with Crippen molar-refractivity contribution in [3.63, 3.8) is 0 Å². The first kappa shape index (κ1) is 16.3. The van der Waals surface area contributed by atoms with Crippen molar-refractivity contribution in [3.8, 4) is 5.75 Å². The van der Waals surface area contributed by atoms with E-state index in [9.17, 15) is 13.2 Å². The Bertz CT molecular complexity index is 694. The summed E-state index contributed by atoms with van der Waals surface area (Å²) in [7, 11) is -3.15. The van der Waals surface area contributed by atoms with Crippen LogP contribution in [0.25, 0.3) is 0 Å². The van der Waals surface area contributed by atoms with Gasteiger partial charge in [0.2, 0.25) is 15.9 Å². The van der Waals surface area contributed by atoms with Crippen LogP contribution in [0.5, 0.6) is 5.75 Å². The molecule has 2 aliphatic rings. The minimum atomic E-state index is -3.15. The summed E-state index contributed by atoms with van der Waals surface area (Å²) in [6.07, 6.45) is 3.29. The minimum Gasteiger partial charge on any atom is -0.493 e. The molecule has 1 aromatic rings. The molecule has 0 aliphatic carbocycles. The maximum atomic E-state index is 12.3. The van der Waals surface area contributed by atoms with E-state index in [0.29, 0.717) is 32.5 Å². The summed E-state index contributed by atoms with van der Waals surface area (Å²) in [5.41, 5.74) is 2.26. The molecule has 126 valence electrons. The Morgan fingerprint density at radius 3 is 2.78 bits per heavy atom. The number of carbonyl (C=O) groups excluding carboxylic acids is 1. The maximum absolute atomic E-state index is 12.3. The van der Waals surface area contributed by atoms with E-state index in [-0.39, 0.29) is 11.8 Å². The first-order valence-corrected chi connectivity index (χ1v) is 9.76. The van der Waals surface area contributed by atoms with Crippen molar-refractivity contribution >= 4 is 15.9 Å². The van der Waals surface area contributed by atoms with Gasteiger partial charge in [-0.05, 0) is 30.0 Å². The van der Waals surface area contributed by atoms with Crippen molar-refractivity contribution in [2.75, 3.05) is 26.0 Å². The van der Waals surface area contributed by atoms with Crippen molar-refractivity contribution in [1.82, 2.24) is 9.62 Å². The van der Waals surface area contributed by atoms with Crippen LogP contribution in [0, 0.1) is 5.92 Å². The highest BCUT2D eigenvalue weighted by Gasteiger charge is 2.28. The van der Waals surface area contributed by atoms with Gasteiger partial charge in [-0.1, -0.05) is 12.1 Å². The zero-order chi connectivity index (χ0) is 16.4. The number of hydrogen-bond donors (Lipinski definition) is 1. The molecule has 1 fully saturated rings. The molecule has 0 radical (unpaired) electrons. The Balaban J connectivity index is 1.50. The van der Waals surface area contributed by atoms with E-state index in [1.54, 1.807) is 0 Å². The first-order chi connectivity index (χ1) is 10.9. The van der Waals surface area contributed by atoms with Gasteiger partial charge in [0.1, 0.15) is 5.75 Å². The number of ether oxygens (including phenoxy) is 1. The predicted octanol–water partition coefficient (Wildman–Crippen LogP) is 0.909. The van der Waals surface area contributed by atoms with E-state index in [4.69, 9.17) is 4.74 Å². The quantitative estimate of drug-likeness (QED) is 0.885. The van der Waals surface area contributed by atoms with Gasteiger partial charge in [-0.2, -0.15) is 0 Å². The zero-order valence-electron chi connectivity index (χ0n) is 13.2. The number of nitrogens with zero attached hydrogens (tertiary/aromatic N) is 1. The molecule has 0 aromatic heterocycles. The monoisotopic (exact) mass is 338 g/mol. The zero-order valence-corrected chi connectivity index (χ0v) is 14.1. The van der Waals surface area contributed by atoms with Crippen LogP contribution in [0.1, 0.15) is 24.0 Å². The molecule has 0 saturated carbocycles. The molecular formula is C16H22N2O4S. The lowest BCUT2D eigenvalue weighted by molar-refractivity contribution is -0.126. The fourth-order valence-corrected chi connectivity index (χ4v) is 4.01. The van der Waals surface area contributed by atoms with Crippen LogP contribution in [0.15, 0.2) is 18.2 Å². The lowest BCUT2D eigenvalue weighted by atomic mass is 9.97. The van der Waals surface area contributed by atoms with Crippen LogP contribution in [-0.4, -0.2) is 44.6 Å². The molecule has 2 aliphatic heterocycles. The molecule has 1 N–H and O–H groups in total. The van der Waals surface area contributed by atoms with Crippen LogP contribution < -0.4 is 10.1 Å². The predicted molar refractivity (Wildman–Crippen MR) is 86.6 cm³/mol. The SMILES string of the molecule is CS(=O)(=O)N1CCC(C(=O)NCc2ccc3c(c2)CCO3)CC1. The van der Waals surface area contributed by atoms with Gasteiger partial charge >= 0.3 is 0 Å². The maximum Gasteiger partial charge on any atom is 0.223 e. The summed E-state index contributed by atoms with van der Waals surface area (Å²) < 4.78 is 29.9. The van der Waals surface area contributed by atoms with Gasteiger partial charge in [-0.25, -0.2) is 12.7 Å². The van der Waals surface area contributed by atoms with E-state index in [2.05, 4.69) is 11.4 Å². The normalized spacial score (nSPS) is 19.2. The Morgan fingerprint density at radius 1 is 1.35 bits per heavy atom. The second kappa shape index (κ2) is 6.49. The van der Waals surface area contributed by atoms with Gasteiger partial charge in [0.05, 0.1) is 12.9 Å². The van der Waals surface area contributed by atoms with Crippen molar-refractivity contribution in [1.29, 1.82) is 0 Å². The summed E-state index contributed by atoms with van der Waals surface area (Å²) in [6.45, 7) is 2.07. The molecule has 7 heteroatoms. The lowest BCUT2D eigenvalue weighted by Gasteiger charge is -2.29. The van der Waals surface area contributed by atoms with E-state index in [1.165, 1.54) is 16.1 Å². The largest absolute Gasteiger partial charge is 0.493 e. The van der Waals surface area contributed by atoms with Crippen molar-refractivity contribution in [3.05, 3.63) is 29.3 Å². The summed E-state index contributed by atoms with van der Waals surface area (Å²) in [5, 5.41) is 2.97. The van der Waals surface area contributed by atoms with Gasteiger partial charge < -0.3 is 10.1 Å². The summed E-state index contributed by atoms with van der Waals surface area (Å²) in [6, 6.07) is 6.00. The number of rotatable bonds is 4. The molecule has 1 amide bonds. The molecule has 2 heterocycles. The Labute approximate surface area is 136 Å². The van der Waals surface area contributed by atoms with Crippen LogP contribution in [0.2, 0.25) is 0 Å².